The standard InChI is InChI=1S/C31H33Cl2N7S2.CHF3O3S/c1-19-23(9-10-38(2)18-20-3-8-29-27(15-20)37-30(34)42-29)24-17-22(5-6-26(24)35-19)36-31(41)40-13-11-39(12-14-40)28-7-4-21(32)16-25(28)33;2-1(3,4)8(5,6)7/h3-8,15-17,35H,9-14,18H2,1-2H3,(H2,34,37)(H,36,41);(H,5,6,7). The Balaban J connectivity index is 0.000000544. The molecule has 50 heavy (non-hydrogen) atoms. The molecule has 5 aromatic rings. The van der Waals surface area contributed by atoms with Gasteiger partial charge in [-0.1, -0.05) is 40.6 Å². The number of fused-ring (bicyclic) bond motifs is 2. The Morgan fingerprint density at radius 2 is 1.82 bits per heavy atom. The lowest BCUT2D eigenvalue weighted by molar-refractivity contribution is -0.0510. The maximum atomic E-state index is 10.7. The SMILES string of the molecule is Cc1[nH]c2ccc(NC(=S)N3CCN(c4ccc(Cl)cc4Cl)CC3)cc2c1CCN(C)Cc1ccc2sc(N)nc2c1.O=S(=O)(O)C(F)(F)F. The molecule has 0 radical (unpaired) electrons. The lowest BCUT2D eigenvalue weighted by atomic mass is 10.1. The summed E-state index contributed by atoms with van der Waals surface area (Å²) in [5, 5.41) is 7.39. The summed E-state index contributed by atoms with van der Waals surface area (Å²) in [6, 6.07) is 18.5. The molecular formula is C32H34Cl2F3N7O3S3. The van der Waals surface area contributed by atoms with Gasteiger partial charge in [0.05, 0.1) is 20.9 Å². The molecule has 0 bridgehead atoms. The number of benzene rings is 3. The molecule has 18 heteroatoms. The van der Waals surface area contributed by atoms with Crippen molar-refractivity contribution in [1.82, 2.24) is 19.8 Å². The fourth-order valence-electron chi connectivity index (χ4n) is 5.66. The highest BCUT2D eigenvalue weighted by Gasteiger charge is 2.44. The van der Waals surface area contributed by atoms with Gasteiger partial charge in [-0.2, -0.15) is 21.6 Å². The largest absolute Gasteiger partial charge is 0.522 e. The van der Waals surface area contributed by atoms with Crippen LogP contribution in [0, 0.1) is 6.92 Å². The van der Waals surface area contributed by atoms with Crippen LogP contribution in [-0.4, -0.2) is 83.1 Å². The van der Waals surface area contributed by atoms with E-state index in [0.29, 0.717) is 15.2 Å². The first kappa shape index (κ1) is 37.9. The van der Waals surface area contributed by atoms with Gasteiger partial charge in [-0.05, 0) is 92.3 Å². The summed E-state index contributed by atoms with van der Waals surface area (Å²) < 4.78 is 58.7. The number of nitrogens with zero attached hydrogens (tertiary/aromatic N) is 4. The van der Waals surface area contributed by atoms with E-state index in [0.717, 1.165) is 77.9 Å². The molecule has 3 heterocycles. The van der Waals surface area contributed by atoms with Crippen molar-refractivity contribution in [2.45, 2.75) is 25.4 Å². The van der Waals surface area contributed by atoms with Crippen molar-refractivity contribution in [3.63, 3.8) is 0 Å². The van der Waals surface area contributed by atoms with Gasteiger partial charge >= 0.3 is 15.6 Å². The van der Waals surface area contributed by atoms with E-state index in [4.69, 9.17) is 54.1 Å². The van der Waals surface area contributed by atoms with Crippen LogP contribution in [0.25, 0.3) is 21.1 Å². The number of alkyl halides is 3. The van der Waals surface area contributed by atoms with Crippen molar-refractivity contribution in [3.05, 3.63) is 81.5 Å². The number of nitrogens with two attached hydrogens (primary N) is 1. The molecule has 3 aromatic carbocycles. The van der Waals surface area contributed by atoms with Gasteiger partial charge in [0.1, 0.15) is 0 Å². The summed E-state index contributed by atoms with van der Waals surface area (Å²) >= 11 is 19.9. The summed E-state index contributed by atoms with van der Waals surface area (Å²) in [5.41, 5.74) is 8.25. The Kier molecular flexibility index (Phi) is 11.7. The van der Waals surface area contributed by atoms with Crippen molar-refractivity contribution >= 4 is 99.6 Å². The molecule has 2 aromatic heterocycles. The molecule has 0 amide bonds. The molecule has 1 saturated heterocycles. The topological polar surface area (TPSA) is 131 Å². The number of hydrogen-bond donors (Lipinski definition) is 4. The molecule has 1 fully saturated rings. The van der Waals surface area contributed by atoms with Crippen LogP contribution in [0.3, 0.4) is 0 Å². The predicted octanol–water partition coefficient (Wildman–Crippen LogP) is 7.56. The van der Waals surface area contributed by atoms with E-state index >= 15 is 0 Å². The average molecular weight is 789 g/mol. The molecule has 6 rings (SSSR count). The molecule has 268 valence electrons. The Morgan fingerprint density at radius 3 is 2.48 bits per heavy atom. The monoisotopic (exact) mass is 787 g/mol. The number of piperazine rings is 1. The number of nitrogen functional groups attached to an aromatic ring is 1. The van der Waals surface area contributed by atoms with Crippen LogP contribution in [0.2, 0.25) is 10.0 Å². The van der Waals surface area contributed by atoms with E-state index in [1.807, 2.05) is 12.1 Å². The minimum absolute atomic E-state index is 0.613. The number of hydrogen-bond acceptors (Lipinski definition) is 8. The van der Waals surface area contributed by atoms with Crippen LogP contribution in [0.15, 0.2) is 54.6 Å². The second-order valence-corrected chi connectivity index (χ2v) is 15.5. The molecule has 1 aliphatic rings. The number of nitrogens with one attached hydrogen (secondary N) is 2. The average Bonchev–Trinajstić information content (AvgIpc) is 3.56. The molecule has 5 N–H and O–H groups in total. The van der Waals surface area contributed by atoms with Gasteiger partial charge in [0.25, 0.3) is 0 Å². The van der Waals surface area contributed by atoms with Crippen LogP contribution in [0.1, 0.15) is 16.8 Å². The van der Waals surface area contributed by atoms with Gasteiger partial charge in [0, 0.05) is 66.6 Å². The number of aromatic nitrogens is 2. The Hall–Kier alpha value is -3.38. The number of thiocarbonyl (C=S) groups is 1. The number of thiazole rings is 1. The third-order valence-electron chi connectivity index (χ3n) is 8.15. The van der Waals surface area contributed by atoms with Gasteiger partial charge in [0.15, 0.2) is 10.2 Å². The summed E-state index contributed by atoms with van der Waals surface area (Å²) in [5.74, 6) is 0. The van der Waals surface area contributed by atoms with Crippen LogP contribution in [-0.2, 0) is 23.1 Å². The van der Waals surface area contributed by atoms with Crippen LogP contribution >= 0.6 is 46.8 Å². The zero-order valence-electron chi connectivity index (χ0n) is 26.9. The number of likely N-dealkylation sites (N-methyl/N-ethyl adjacent to an activating group) is 1. The molecule has 0 aliphatic carbocycles. The Bertz CT molecular complexity index is 2120. The van der Waals surface area contributed by atoms with E-state index in [-0.39, 0.29) is 0 Å². The summed E-state index contributed by atoms with van der Waals surface area (Å²) in [6.45, 7) is 7.24. The van der Waals surface area contributed by atoms with Crippen molar-refractivity contribution in [2.75, 3.05) is 55.7 Å². The molecular weight excluding hydrogens is 754 g/mol. The van der Waals surface area contributed by atoms with E-state index in [2.05, 4.69) is 80.4 Å². The minimum atomic E-state index is -5.84. The van der Waals surface area contributed by atoms with Crippen LogP contribution in [0.5, 0.6) is 0 Å². The first-order valence-electron chi connectivity index (χ1n) is 15.2. The minimum Gasteiger partial charge on any atom is -0.375 e. The summed E-state index contributed by atoms with van der Waals surface area (Å²) in [7, 11) is -3.68. The number of halogens is 5. The van der Waals surface area contributed by atoms with E-state index in [1.54, 1.807) is 6.07 Å². The fourth-order valence-corrected chi connectivity index (χ4v) is 7.20. The van der Waals surface area contributed by atoms with Crippen LogP contribution < -0.4 is 16.0 Å². The molecule has 0 saturated carbocycles. The first-order valence-corrected chi connectivity index (χ1v) is 18.6. The molecule has 0 atom stereocenters. The number of H-pyrrole nitrogens is 1. The normalized spacial score (nSPS) is 13.9. The first-order chi connectivity index (χ1) is 23.5. The van der Waals surface area contributed by atoms with Gasteiger partial charge in [-0.25, -0.2) is 4.98 Å². The molecule has 1 aliphatic heterocycles. The smallest absolute Gasteiger partial charge is 0.375 e. The second-order valence-electron chi connectivity index (χ2n) is 11.8. The number of aromatic amines is 1. The van der Waals surface area contributed by atoms with Crippen molar-refractivity contribution in [3.8, 4) is 0 Å². The second kappa shape index (κ2) is 15.5. The fraction of sp³-hybridized carbons (Fsp3) is 0.312. The predicted molar refractivity (Wildman–Crippen MR) is 201 cm³/mol. The van der Waals surface area contributed by atoms with Gasteiger partial charge in [-0.15, -0.1) is 0 Å². The van der Waals surface area contributed by atoms with Crippen LogP contribution in [0.4, 0.5) is 29.7 Å². The van der Waals surface area contributed by atoms with E-state index < -0.39 is 15.6 Å². The van der Waals surface area contributed by atoms with Crippen molar-refractivity contribution in [1.29, 1.82) is 0 Å². The number of aryl methyl sites for hydroxylation is 1. The Morgan fingerprint density at radius 1 is 1.12 bits per heavy atom. The number of anilines is 3. The number of rotatable bonds is 7. The highest BCUT2D eigenvalue weighted by molar-refractivity contribution is 7.86. The van der Waals surface area contributed by atoms with E-state index in [1.165, 1.54) is 33.5 Å². The highest BCUT2D eigenvalue weighted by atomic mass is 35.5. The molecule has 0 spiro atoms. The Labute approximate surface area is 306 Å². The third-order valence-corrected chi connectivity index (χ3v) is 10.5. The van der Waals surface area contributed by atoms with Gasteiger partial charge in [-0.3, -0.25) is 4.55 Å². The third kappa shape index (κ3) is 9.29. The van der Waals surface area contributed by atoms with Crippen molar-refractivity contribution < 1.29 is 26.1 Å². The maximum Gasteiger partial charge on any atom is 0.522 e. The zero-order valence-corrected chi connectivity index (χ0v) is 30.9. The maximum absolute atomic E-state index is 10.7. The lowest BCUT2D eigenvalue weighted by Crippen LogP contribution is -2.50. The van der Waals surface area contributed by atoms with Gasteiger partial charge in [0.2, 0.25) is 0 Å². The van der Waals surface area contributed by atoms with Gasteiger partial charge < -0.3 is 30.7 Å². The quantitative estimate of drug-likeness (QED) is 0.0745. The zero-order chi connectivity index (χ0) is 36.4. The highest BCUT2D eigenvalue weighted by Crippen LogP contribution is 2.31. The summed E-state index contributed by atoms with van der Waals surface area (Å²) in [4.78, 5) is 14.8. The summed E-state index contributed by atoms with van der Waals surface area (Å²) in [6.07, 6.45) is 0.942. The van der Waals surface area contributed by atoms with Crippen molar-refractivity contribution in [2.24, 2.45) is 0 Å². The van der Waals surface area contributed by atoms with E-state index in [9.17, 15) is 13.2 Å². The molecule has 0 unspecified atom stereocenters. The molecule has 10 nitrogen and oxygen atoms in total. The lowest BCUT2D eigenvalue weighted by Gasteiger charge is -2.37.